The van der Waals surface area contributed by atoms with E-state index in [1.807, 2.05) is 30.3 Å². The number of halogens is 1. The zero-order valence-corrected chi connectivity index (χ0v) is 13.1. The van der Waals surface area contributed by atoms with Crippen LogP contribution >= 0.6 is 12.4 Å². The Balaban J connectivity index is 0.00000220. The van der Waals surface area contributed by atoms with Gasteiger partial charge in [-0.15, -0.1) is 12.4 Å². The fraction of sp³-hybridized carbons (Fsp3) is 0.533. The lowest BCUT2D eigenvalue weighted by atomic mass is 9.98. The van der Waals surface area contributed by atoms with E-state index in [0.717, 1.165) is 25.3 Å². The Bertz CT molecular complexity index is 430. The highest BCUT2D eigenvalue weighted by atomic mass is 35.5. The number of benzene rings is 1. The third-order valence-corrected chi connectivity index (χ3v) is 3.60. The maximum atomic E-state index is 12.2. The van der Waals surface area contributed by atoms with Crippen LogP contribution in [0.25, 0.3) is 0 Å². The van der Waals surface area contributed by atoms with E-state index in [4.69, 9.17) is 10.5 Å². The Morgan fingerprint density at radius 1 is 1.48 bits per heavy atom. The molecular formula is C15H24ClN3O2. The maximum Gasteiger partial charge on any atom is 0.228 e. The zero-order valence-electron chi connectivity index (χ0n) is 12.3. The summed E-state index contributed by atoms with van der Waals surface area (Å²) in [6.07, 6.45) is 0.0619. The highest BCUT2D eigenvalue weighted by Gasteiger charge is 2.22. The Hall–Kier alpha value is -1.14. The first kappa shape index (κ1) is 17.9. The predicted octanol–water partition coefficient (Wildman–Crippen LogP) is 0.598. The molecule has 1 aromatic rings. The lowest BCUT2D eigenvalue weighted by Gasteiger charge is -2.30. The third-order valence-electron chi connectivity index (χ3n) is 3.60. The van der Waals surface area contributed by atoms with Gasteiger partial charge in [-0.3, -0.25) is 4.79 Å². The first-order chi connectivity index (χ1) is 9.70. The molecule has 3 N–H and O–H groups in total. The fourth-order valence-electron chi connectivity index (χ4n) is 2.41. The van der Waals surface area contributed by atoms with Crippen molar-refractivity contribution >= 4 is 18.3 Å². The minimum absolute atomic E-state index is 0. The molecule has 2 atom stereocenters. The number of ether oxygens (including phenoxy) is 1. The van der Waals surface area contributed by atoms with E-state index in [2.05, 4.69) is 17.3 Å². The Morgan fingerprint density at radius 2 is 2.19 bits per heavy atom. The number of carbonyl (C=O) groups excluding carboxylic acids is 1. The summed E-state index contributed by atoms with van der Waals surface area (Å²) in [6, 6.07) is 9.64. The van der Waals surface area contributed by atoms with E-state index < -0.39 is 0 Å². The van der Waals surface area contributed by atoms with Crippen LogP contribution in [0, 0.1) is 0 Å². The van der Waals surface area contributed by atoms with Gasteiger partial charge in [0, 0.05) is 26.2 Å². The average Bonchev–Trinajstić information content (AvgIpc) is 2.47. The topological polar surface area (TPSA) is 67.6 Å². The van der Waals surface area contributed by atoms with Crippen LogP contribution in [-0.2, 0) is 9.53 Å². The lowest BCUT2D eigenvalue weighted by molar-refractivity contribution is -0.123. The fourth-order valence-corrected chi connectivity index (χ4v) is 2.41. The molecule has 1 aromatic carbocycles. The first-order valence-electron chi connectivity index (χ1n) is 7.03. The Morgan fingerprint density at radius 3 is 2.81 bits per heavy atom. The van der Waals surface area contributed by atoms with Crippen molar-refractivity contribution in [2.24, 2.45) is 5.73 Å². The molecule has 0 radical (unpaired) electrons. The lowest BCUT2D eigenvalue weighted by Crippen LogP contribution is -2.47. The van der Waals surface area contributed by atoms with E-state index in [-0.39, 0.29) is 30.3 Å². The standard InChI is InChI=1S/C15H23N3O2.ClH/c1-18-7-8-20-13(11-18)10-17-15(19)14(9-16)12-5-3-2-4-6-12;/h2-6,13-14H,7-11,16H2,1H3,(H,17,19);1H. The highest BCUT2D eigenvalue weighted by Crippen LogP contribution is 2.14. The molecule has 1 amide bonds. The minimum atomic E-state index is -0.294. The van der Waals surface area contributed by atoms with Gasteiger partial charge < -0.3 is 20.7 Å². The second-order valence-electron chi connectivity index (χ2n) is 5.20. The van der Waals surface area contributed by atoms with Gasteiger partial charge in [-0.25, -0.2) is 0 Å². The minimum Gasteiger partial charge on any atom is -0.374 e. The summed E-state index contributed by atoms with van der Waals surface area (Å²) >= 11 is 0. The van der Waals surface area contributed by atoms with Crippen molar-refractivity contribution in [2.45, 2.75) is 12.0 Å². The molecular weight excluding hydrogens is 290 g/mol. The third kappa shape index (κ3) is 5.28. The molecule has 118 valence electrons. The van der Waals surface area contributed by atoms with Crippen molar-refractivity contribution in [1.82, 2.24) is 10.2 Å². The van der Waals surface area contributed by atoms with Crippen LogP contribution in [-0.4, -0.2) is 56.7 Å². The van der Waals surface area contributed by atoms with Crippen LogP contribution in [0.5, 0.6) is 0 Å². The summed E-state index contributed by atoms with van der Waals surface area (Å²) in [7, 11) is 2.06. The quantitative estimate of drug-likeness (QED) is 0.835. The molecule has 0 aliphatic carbocycles. The first-order valence-corrected chi connectivity index (χ1v) is 7.03. The normalized spacial score (nSPS) is 20.4. The summed E-state index contributed by atoms with van der Waals surface area (Å²) in [5.74, 6) is -0.326. The van der Waals surface area contributed by atoms with Crippen molar-refractivity contribution in [3.8, 4) is 0 Å². The van der Waals surface area contributed by atoms with Gasteiger partial charge in [0.15, 0.2) is 0 Å². The second-order valence-corrected chi connectivity index (χ2v) is 5.20. The number of likely N-dealkylation sites (N-methyl/N-ethyl adjacent to an activating group) is 1. The van der Waals surface area contributed by atoms with Gasteiger partial charge in [0.25, 0.3) is 0 Å². The molecule has 1 fully saturated rings. The van der Waals surface area contributed by atoms with E-state index >= 15 is 0 Å². The largest absolute Gasteiger partial charge is 0.374 e. The van der Waals surface area contributed by atoms with Crippen LogP contribution in [0.4, 0.5) is 0 Å². The van der Waals surface area contributed by atoms with Crippen LogP contribution in [0.15, 0.2) is 30.3 Å². The molecule has 2 rings (SSSR count). The van der Waals surface area contributed by atoms with Gasteiger partial charge in [0.05, 0.1) is 18.6 Å². The summed E-state index contributed by atoms with van der Waals surface area (Å²) in [4.78, 5) is 14.4. The van der Waals surface area contributed by atoms with Crippen molar-refractivity contribution in [3.63, 3.8) is 0 Å². The predicted molar refractivity (Wildman–Crippen MR) is 85.7 cm³/mol. The number of nitrogens with zero attached hydrogens (tertiary/aromatic N) is 1. The van der Waals surface area contributed by atoms with Crippen molar-refractivity contribution in [2.75, 3.05) is 39.8 Å². The number of morpholine rings is 1. The highest BCUT2D eigenvalue weighted by molar-refractivity contribution is 5.85. The van der Waals surface area contributed by atoms with Gasteiger partial charge in [-0.05, 0) is 12.6 Å². The summed E-state index contributed by atoms with van der Waals surface area (Å²) in [5.41, 5.74) is 6.69. The Labute approximate surface area is 132 Å². The molecule has 1 aliphatic heterocycles. The zero-order chi connectivity index (χ0) is 14.4. The Kier molecular flexibility index (Phi) is 7.67. The number of hydrogen-bond donors (Lipinski definition) is 2. The van der Waals surface area contributed by atoms with E-state index in [1.54, 1.807) is 0 Å². The maximum absolute atomic E-state index is 12.2. The van der Waals surface area contributed by atoms with Crippen LogP contribution in [0.1, 0.15) is 11.5 Å². The summed E-state index contributed by atoms with van der Waals surface area (Å²) in [6.45, 7) is 3.35. The molecule has 0 saturated carbocycles. The number of carbonyl (C=O) groups is 1. The number of nitrogens with two attached hydrogens (primary N) is 1. The van der Waals surface area contributed by atoms with Crippen LogP contribution < -0.4 is 11.1 Å². The molecule has 21 heavy (non-hydrogen) atoms. The molecule has 1 heterocycles. The van der Waals surface area contributed by atoms with E-state index in [1.165, 1.54) is 0 Å². The molecule has 6 heteroatoms. The van der Waals surface area contributed by atoms with Gasteiger partial charge >= 0.3 is 0 Å². The molecule has 1 saturated heterocycles. The van der Waals surface area contributed by atoms with Crippen molar-refractivity contribution in [1.29, 1.82) is 0 Å². The molecule has 2 unspecified atom stereocenters. The molecule has 1 aliphatic rings. The van der Waals surface area contributed by atoms with Crippen molar-refractivity contribution in [3.05, 3.63) is 35.9 Å². The molecule has 0 spiro atoms. The summed E-state index contributed by atoms with van der Waals surface area (Å²) < 4.78 is 5.63. The monoisotopic (exact) mass is 313 g/mol. The second kappa shape index (κ2) is 9.00. The molecule has 0 bridgehead atoms. The SMILES string of the molecule is CN1CCOC(CNC(=O)C(CN)c2ccccc2)C1.Cl. The average molecular weight is 314 g/mol. The molecule has 5 nitrogen and oxygen atoms in total. The van der Waals surface area contributed by atoms with Crippen LogP contribution in [0.3, 0.4) is 0 Å². The van der Waals surface area contributed by atoms with Gasteiger partial charge in [-0.1, -0.05) is 30.3 Å². The summed E-state index contributed by atoms with van der Waals surface area (Å²) in [5, 5.41) is 2.95. The van der Waals surface area contributed by atoms with E-state index in [9.17, 15) is 4.79 Å². The number of rotatable bonds is 5. The molecule has 0 aromatic heterocycles. The van der Waals surface area contributed by atoms with Crippen molar-refractivity contribution < 1.29 is 9.53 Å². The number of amides is 1. The van der Waals surface area contributed by atoms with Gasteiger partial charge in [0.1, 0.15) is 0 Å². The van der Waals surface area contributed by atoms with Gasteiger partial charge in [0.2, 0.25) is 5.91 Å². The number of hydrogen-bond acceptors (Lipinski definition) is 4. The van der Waals surface area contributed by atoms with Gasteiger partial charge in [-0.2, -0.15) is 0 Å². The van der Waals surface area contributed by atoms with Crippen LogP contribution in [0.2, 0.25) is 0 Å². The van der Waals surface area contributed by atoms with E-state index in [0.29, 0.717) is 13.1 Å². The smallest absolute Gasteiger partial charge is 0.228 e. The number of nitrogens with one attached hydrogen (secondary N) is 1.